The minimum atomic E-state index is -0.267. The topological polar surface area (TPSA) is 61.4 Å². The summed E-state index contributed by atoms with van der Waals surface area (Å²) in [6.07, 6.45) is 3.45. The molecule has 1 fully saturated rings. The lowest BCUT2D eigenvalue weighted by Crippen LogP contribution is -2.40. The number of benzene rings is 1. The van der Waals surface area contributed by atoms with Gasteiger partial charge in [0.05, 0.1) is 6.10 Å². The number of fused-ring (bicyclic) bond motifs is 1. The molecule has 1 saturated carbocycles. The molecule has 0 aromatic heterocycles. The van der Waals surface area contributed by atoms with Crippen LogP contribution in [-0.2, 0) is 4.79 Å². The molecule has 3 atom stereocenters. The van der Waals surface area contributed by atoms with Gasteiger partial charge in [0.25, 0.3) is 0 Å². The first-order valence-corrected chi connectivity index (χ1v) is 6.58. The van der Waals surface area contributed by atoms with Gasteiger partial charge in [0, 0.05) is 17.3 Å². The second-order valence-corrected chi connectivity index (χ2v) is 5.19. The molecular formula is C14H18N2O2. The molecule has 0 bridgehead atoms. The molecule has 1 amide bonds. The quantitative estimate of drug-likeness (QED) is 0.742. The molecule has 0 saturated heterocycles. The number of hydrogen-bond acceptors (Lipinski definition) is 3. The molecule has 18 heavy (non-hydrogen) atoms. The molecule has 96 valence electrons. The predicted molar refractivity (Wildman–Crippen MR) is 69.2 cm³/mol. The van der Waals surface area contributed by atoms with Gasteiger partial charge >= 0.3 is 0 Å². The van der Waals surface area contributed by atoms with Crippen LogP contribution in [0.4, 0.5) is 5.69 Å². The number of aliphatic hydroxyl groups excluding tert-OH is 1. The Bertz CT molecular complexity index is 461. The van der Waals surface area contributed by atoms with Crippen molar-refractivity contribution in [2.75, 3.05) is 5.32 Å². The Morgan fingerprint density at radius 3 is 2.94 bits per heavy atom. The van der Waals surface area contributed by atoms with Gasteiger partial charge in [-0.3, -0.25) is 10.1 Å². The second-order valence-electron chi connectivity index (χ2n) is 5.19. The highest BCUT2D eigenvalue weighted by atomic mass is 16.3. The van der Waals surface area contributed by atoms with Gasteiger partial charge in [0.15, 0.2) is 0 Å². The Balaban J connectivity index is 1.74. The third-order valence-corrected chi connectivity index (χ3v) is 3.84. The molecular weight excluding hydrogens is 228 g/mol. The number of hydrogen-bond donors (Lipinski definition) is 3. The molecule has 3 rings (SSSR count). The van der Waals surface area contributed by atoms with Crippen LogP contribution in [-0.4, -0.2) is 23.2 Å². The molecule has 0 spiro atoms. The van der Waals surface area contributed by atoms with E-state index in [1.54, 1.807) is 0 Å². The van der Waals surface area contributed by atoms with Crippen LogP contribution in [0, 0.1) is 0 Å². The number of carbonyl (C=O) groups excluding carboxylic acids is 1. The van der Waals surface area contributed by atoms with Crippen molar-refractivity contribution in [3.63, 3.8) is 0 Å². The zero-order chi connectivity index (χ0) is 12.5. The molecule has 4 heteroatoms. The number of para-hydroxylation sites is 1. The summed E-state index contributed by atoms with van der Waals surface area (Å²) in [6.45, 7) is 0. The van der Waals surface area contributed by atoms with Crippen molar-refractivity contribution in [3.8, 4) is 0 Å². The van der Waals surface area contributed by atoms with E-state index >= 15 is 0 Å². The van der Waals surface area contributed by atoms with Crippen LogP contribution in [0.25, 0.3) is 0 Å². The summed E-state index contributed by atoms with van der Waals surface area (Å²) in [5.74, 6) is 0.0104. The van der Waals surface area contributed by atoms with Crippen LogP contribution in [0.3, 0.4) is 0 Å². The average molecular weight is 246 g/mol. The normalized spacial score (nSPS) is 30.9. The SMILES string of the molecule is O=C1Nc2ccccc2C1NC1CCCC(O)C1. The Labute approximate surface area is 106 Å². The van der Waals surface area contributed by atoms with E-state index in [4.69, 9.17) is 0 Å². The number of aliphatic hydroxyl groups is 1. The van der Waals surface area contributed by atoms with Crippen molar-refractivity contribution in [3.05, 3.63) is 29.8 Å². The standard InChI is InChI=1S/C14H18N2O2/c17-10-5-3-4-9(8-10)15-13-11-6-1-2-7-12(11)16-14(13)18/h1-2,6-7,9-10,13,15,17H,3-5,8H2,(H,16,18). The molecule has 0 radical (unpaired) electrons. The molecule has 1 aliphatic carbocycles. The zero-order valence-corrected chi connectivity index (χ0v) is 10.2. The maximum Gasteiger partial charge on any atom is 0.246 e. The number of rotatable bonds is 2. The molecule has 3 N–H and O–H groups in total. The van der Waals surface area contributed by atoms with Crippen LogP contribution in [0.15, 0.2) is 24.3 Å². The summed E-state index contributed by atoms with van der Waals surface area (Å²) in [6, 6.07) is 7.73. The van der Waals surface area contributed by atoms with E-state index in [0.717, 1.165) is 36.9 Å². The minimum Gasteiger partial charge on any atom is -0.393 e. The van der Waals surface area contributed by atoms with Gasteiger partial charge in [-0.15, -0.1) is 0 Å². The number of amides is 1. The Morgan fingerprint density at radius 1 is 1.28 bits per heavy atom. The summed E-state index contributed by atoms with van der Waals surface area (Å²) in [5.41, 5.74) is 1.92. The van der Waals surface area contributed by atoms with Crippen LogP contribution in [0.5, 0.6) is 0 Å². The van der Waals surface area contributed by atoms with E-state index in [2.05, 4.69) is 10.6 Å². The lowest BCUT2D eigenvalue weighted by atomic mass is 9.92. The largest absolute Gasteiger partial charge is 0.393 e. The fourth-order valence-corrected chi connectivity index (χ4v) is 2.93. The number of nitrogens with one attached hydrogen (secondary N) is 2. The number of carbonyl (C=O) groups is 1. The fourth-order valence-electron chi connectivity index (χ4n) is 2.93. The van der Waals surface area contributed by atoms with Gasteiger partial charge in [0.2, 0.25) is 5.91 Å². The smallest absolute Gasteiger partial charge is 0.246 e. The first-order chi connectivity index (χ1) is 8.74. The van der Waals surface area contributed by atoms with E-state index in [0.29, 0.717) is 0 Å². The van der Waals surface area contributed by atoms with Crippen molar-refractivity contribution < 1.29 is 9.90 Å². The van der Waals surface area contributed by atoms with Crippen LogP contribution in [0.2, 0.25) is 0 Å². The van der Waals surface area contributed by atoms with Crippen LogP contribution in [0.1, 0.15) is 37.3 Å². The number of anilines is 1. The van der Waals surface area contributed by atoms with E-state index in [-0.39, 0.29) is 24.1 Å². The molecule has 4 nitrogen and oxygen atoms in total. The monoisotopic (exact) mass is 246 g/mol. The summed E-state index contributed by atoms with van der Waals surface area (Å²) >= 11 is 0. The maximum atomic E-state index is 12.0. The Kier molecular flexibility index (Phi) is 3.06. The van der Waals surface area contributed by atoms with Crippen molar-refractivity contribution in [1.29, 1.82) is 0 Å². The maximum absolute atomic E-state index is 12.0. The van der Waals surface area contributed by atoms with Crippen molar-refractivity contribution >= 4 is 11.6 Å². The van der Waals surface area contributed by atoms with Crippen molar-refractivity contribution in [2.24, 2.45) is 0 Å². The Morgan fingerprint density at radius 2 is 2.11 bits per heavy atom. The van der Waals surface area contributed by atoms with E-state index in [1.807, 2.05) is 24.3 Å². The van der Waals surface area contributed by atoms with Crippen molar-refractivity contribution in [2.45, 2.75) is 43.9 Å². The lowest BCUT2D eigenvalue weighted by Gasteiger charge is -2.28. The van der Waals surface area contributed by atoms with Crippen LogP contribution >= 0.6 is 0 Å². The highest BCUT2D eigenvalue weighted by Crippen LogP contribution is 2.32. The second kappa shape index (κ2) is 4.71. The summed E-state index contributed by atoms with van der Waals surface area (Å²) in [7, 11) is 0. The highest BCUT2D eigenvalue weighted by Gasteiger charge is 2.32. The highest BCUT2D eigenvalue weighted by molar-refractivity contribution is 6.02. The molecule has 1 heterocycles. The van der Waals surface area contributed by atoms with E-state index < -0.39 is 0 Å². The Hall–Kier alpha value is -1.39. The summed E-state index contributed by atoms with van der Waals surface area (Å²) < 4.78 is 0. The summed E-state index contributed by atoms with van der Waals surface area (Å²) in [4.78, 5) is 12.0. The van der Waals surface area contributed by atoms with Gasteiger partial charge in [-0.05, 0) is 31.7 Å². The third kappa shape index (κ3) is 2.13. The van der Waals surface area contributed by atoms with Crippen molar-refractivity contribution in [1.82, 2.24) is 5.32 Å². The van der Waals surface area contributed by atoms with Gasteiger partial charge in [0.1, 0.15) is 6.04 Å². The first-order valence-electron chi connectivity index (χ1n) is 6.58. The fraction of sp³-hybridized carbons (Fsp3) is 0.500. The zero-order valence-electron chi connectivity index (χ0n) is 10.2. The third-order valence-electron chi connectivity index (χ3n) is 3.84. The molecule has 1 aliphatic heterocycles. The van der Waals surface area contributed by atoms with Gasteiger partial charge in [-0.25, -0.2) is 0 Å². The first kappa shape index (κ1) is 11.7. The minimum absolute atomic E-state index is 0.0104. The molecule has 1 aromatic rings. The van der Waals surface area contributed by atoms with Gasteiger partial charge < -0.3 is 10.4 Å². The lowest BCUT2D eigenvalue weighted by molar-refractivity contribution is -0.118. The van der Waals surface area contributed by atoms with E-state index in [1.165, 1.54) is 0 Å². The molecule has 3 unspecified atom stereocenters. The van der Waals surface area contributed by atoms with E-state index in [9.17, 15) is 9.90 Å². The summed E-state index contributed by atoms with van der Waals surface area (Å²) in [5, 5.41) is 15.9. The van der Waals surface area contributed by atoms with Crippen LogP contribution < -0.4 is 10.6 Å². The predicted octanol–water partition coefficient (Wildman–Crippen LogP) is 1.57. The molecule has 1 aromatic carbocycles. The molecule has 2 aliphatic rings. The average Bonchev–Trinajstić information content (AvgIpc) is 2.66. The van der Waals surface area contributed by atoms with Gasteiger partial charge in [-0.1, -0.05) is 18.2 Å². The van der Waals surface area contributed by atoms with Gasteiger partial charge in [-0.2, -0.15) is 0 Å².